The largest absolute Gasteiger partial charge is 0.494 e. The zero-order valence-electron chi connectivity index (χ0n) is 18.2. The third-order valence-electron chi connectivity index (χ3n) is 5.37. The van der Waals surface area contributed by atoms with Crippen LogP contribution in [-0.2, 0) is 17.6 Å². The van der Waals surface area contributed by atoms with Crippen molar-refractivity contribution < 1.29 is 19.0 Å². The van der Waals surface area contributed by atoms with Gasteiger partial charge in [-0.2, -0.15) is 0 Å². The van der Waals surface area contributed by atoms with Gasteiger partial charge in [0.15, 0.2) is 11.6 Å². The molecule has 1 aromatic heterocycles. The summed E-state index contributed by atoms with van der Waals surface area (Å²) in [7, 11) is 1.37. The Morgan fingerprint density at radius 3 is 3.00 bits per heavy atom. The number of allylic oxidation sites excluding steroid dienone is 1. The first-order valence-corrected chi connectivity index (χ1v) is 10.7. The summed E-state index contributed by atoms with van der Waals surface area (Å²) in [6, 6.07) is 7.92. The number of nitrogens with zero attached hydrogens (tertiary/aromatic N) is 1. The van der Waals surface area contributed by atoms with Crippen LogP contribution in [0.25, 0.3) is 0 Å². The second kappa shape index (κ2) is 11.3. The second-order valence-electron chi connectivity index (χ2n) is 7.76. The Kier molecular flexibility index (Phi) is 8.19. The number of anilines is 1. The number of aliphatic carboxylic acids is 1. The summed E-state index contributed by atoms with van der Waals surface area (Å²) in [5.74, 6) is -0.476. The van der Waals surface area contributed by atoms with Gasteiger partial charge in [-0.05, 0) is 73.7 Å². The molecule has 0 aliphatic carbocycles. The number of fused-ring (bicyclic) bond motifs is 1. The van der Waals surface area contributed by atoms with Crippen molar-refractivity contribution in [3.63, 3.8) is 0 Å². The number of aromatic nitrogens is 1. The molecule has 2 aromatic rings. The van der Waals surface area contributed by atoms with Gasteiger partial charge in [-0.1, -0.05) is 12.1 Å². The van der Waals surface area contributed by atoms with Gasteiger partial charge in [0.2, 0.25) is 0 Å². The Hall–Kier alpha value is -3.42. The number of hydrogen-bond acceptors (Lipinski definition) is 6. The van der Waals surface area contributed by atoms with Crippen molar-refractivity contribution in [2.75, 3.05) is 19.0 Å². The normalized spacial score (nSPS) is 13.8. The summed E-state index contributed by atoms with van der Waals surface area (Å²) in [6.45, 7) is 0.956. The third-order valence-corrected chi connectivity index (χ3v) is 5.37. The standard InChI is InChI=1S/C24H29FN4O3/c1-32-22-10-8-17(14-20(22)25)21(15-23(30)31)27-13-11-18(26)5-2-6-19-9-7-16-4-3-12-28-24(16)29-19/h7-11,13-14,21,26-27H,2-6,12,15H2,1H3,(H,28,29)(H,30,31)/b13-11-,26-18?. The number of benzene rings is 1. The van der Waals surface area contributed by atoms with Crippen LogP contribution in [0.4, 0.5) is 10.2 Å². The quantitative estimate of drug-likeness (QED) is 0.389. The van der Waals surface area contributed by atoms with Crippen LogP contribution in [0.3, 0.4) is 0 Å². The van der Waals surface area contributed by atoms with E-state index in [1.54, 1.807) is 18.3 Å². The van der Waals surface area contributed by atoms with E-state index in [1.807, 2.05) is 0 Å². The van der Waals surface area contributed by atoms with Gasteiger partial charge in [0.05, 0.1) is 19.6 Å². The van der Waals surface area contributed by atoms with Crippen molar-refractivity contribution in [3.8, 4) is 5.75 Å². The smallest absolute Gasteiger partial charge is 0.305 e. The molecule has 1 aromatic carbocycles. The highest BCUT2D eigenvalue weighted by Gasteiger charge is 2.16. The van der Waals surface area contributed by atoms with E-state index in [2.05, 4.69) is 27.8 Å². The number of carboxylic acids is 1. The molecule has 0 saturated carbocycles. The Balaban J connectivity index is 1.50. The molecule has 3 rings (SSSR count). The number of nitrogens with one attached hydrogen (secondary N) is 3. The van der Waals surface area contributed by atoms with Gasteiger partial charge in [0.1, 0.15) is 5.82 Å². The molecule has 0 bridgehead atoms. The average Bonchev–Trinajstić information content (AvgIpc) is 2.78. The molecule has 0 fully saturated rings. The summed E-state index contributed by atoms with van der Waals surface area (Å²) in [6.07, 6.45) is 7.28. The van der Waals surface area contributed by atoms with Crippen molar-refractivity contribution in [2.24, 2.45) is 0 Å². The fraction of sp³-hybridized carbons (Fsp3) is 0.375. The fourth-order valence-electron chi connectivity index (χ4n) is 3.66. The van der Waals surface area contributed by atoms with Crippen molar-refractivity contribution in [1.29, 1.82) is 5.41 Å². The fourth-order valence-corrected chi connectivity index (χ4v) is 3.66. The lowest BCUT2D eigenvalue weighted by atomic mass is 10.0. The maximum absolute atomic E-state index is 14.0. The maximum Gasteiger partial charge on any atom is 0.305 e. The predicted molar refractivity (Wildman–Crippen MR) is 122 cm³/mol. The van der Waals surface area contributed by atoms with E-state index in [9.17, 15) is 14.3 Å². The minimum Gasteiger partial charge on any atom is -0.494 e. The number of ether oxygens (including phenoxy) is 1. The number of carbonyl (C=O) groups is 1. The van der Waals surface area contributed by atoms with Gasteiger partial charge < -0.3 is 25.9 Å². The monoisotopic (exact) mass is 440 g/mol. The molecule has 1 aliphatic rings. The van der Waals surface area contributed by atoms with E-state index in [0.717, 1.165) is 43.7 Å². The summed E-state index contributed by atoms with van der Waals surface area (Å²) in [4.78, 5) is 15.9. The third kappa shape index (κ3) is 6.54. The summed E-state index contributed by atoms with van der Waals surface area (Å²) < 4.78 is 18.9. The van der Waals surface area contributed by atoms with Gasteiger partial charge in [-0.3, -0.25) is 4.79 Å². The van der Waals surface area contributed by atoms with E-state index in [1.165, 1.54) is 24.8 Å². The van der Waals surface area contributed by atoms with Gasteiger partial charge in [-0.25, -0.2) is 9.37 Å². The van der Waals surface area contributed by atoms with E-state index < -0.39 is 17.8 Å². The summed E-state index contributed by atoms with van der Waals surface area (Å²) >= 11 is 0. The van der Waals surface area contributed by atoms with Crippen LogP contribution in [-0.4, -0.2) is 35.4 Å². The first kappa shape index (κ1) is 23.2. The molecule has 2 heterocycles. The van der Waals surface area contributed by atoms with E-state index >= 15 is 0 Å². The molecule has 170 valence electrons. The maximum atomic E-state index is 14.0. The van der Waals surface area contributed by atoms with Gasteiger partial charge in [0, 0.05) is 18.0 Å². The SMILES string of the molecule is COc1ccc(C(CC(=O)O)N/C=C\C(=N)CCCc2ccc3c(n2)NCCC3)cc1F. The van der Waals surface area contributed by atoms with Crippen molar-refractivity contribution in [3.05, 3.63) is 65.2 Å². The first-order chi connectivity index (χ1) is 15.5. The van der Waals surface area contributed by atoms with Crippen LogP contribution in [0.1, 0.15) is 48.5 Å². The summed E-state index contributed by atoms with van der Waals surface area (Å²) in [5, 5.41) is 23.6. The zero-order valence-corrected chi connectivity index (χ0v) is 18.2. The number of hydrogen-bond donors (Lipinski definition) is 4. The molecule has 0 radical (unpaired) electrons. The van der Waals surface area contributed by atoms with Gasteiger partial charge >= 0.3 is 5.97 Å². The Morgan fingerprint density at radius 2 is 2.25 bits per heavy atom. The van der Waals surface area contributed by atoms with E-state index in [-0.39, 0.29) is 12.2 Å². The van der Waals surface area contributed by atoms with Crippen molar-refractivity contribution in [1.82, 2.24) is 10.3 Å². The highest BCUT2D eigenvalue weighted by molar-refractivity contribution is 5.92. The number of aryl methyl sites for hydroxylation is 2. The minimum atomic E-state index is -1.01. The lowest BCUT2D eigenvalue weighted by molar-refractivity contribution is -0.137. The van der Waals surface area contributed by atoms with Gasteiger partial charge in [0.25, 0.3) is 0 Å². The highest BCUT2D eigenvalue weighted by Crippen LogP contribution is 2.24. The highest BCUT2D eigenvalue weighted by atomic mass is 19.1. The van der Waals surface area contributed by atoms with E-state index in [4.69, 9.17) is 10.1 Å². The Labute approximate surface area is 187 Å². The molecule has 8 heteroatoms. The molecule has 0 amide bonds. The van der Waals surface area contributed by atoms with Crippen LogP contribution in [0.5, 0.6) is 5.75 Å². The van der Waals surface area contributed by atoms with Crippen LogP contribution in [0.2, 0.25) is 0 Å². The van der Waals surface area contributed by atoms with Crippen LogP contribution in [0, 0.1) is 11.2 Å². The molecule has 0 saturated heterocycles. The number of carboxylic acid groups (broad SMARTS) is 1. The molecule has 0 spiro atoms. The number of rotatable bonds is 11. The minimum absolute atomic E-state index is 0.101. The van der Waals surface area contributed by atoms with Crippen molar-refractivity contribution in [2.45, 2.75) is 44.6 Å². The lowest BCUT2D eigenvalue weighted by Crippen LogP contribution is -2.19. The molecule has 7 nitrogen and oxygen atoms in total. The predicted octanol–water partition coefficient (Wildman–Crippen LogP) is 4.25. The van der Waals surface area contributed by atoms with Crippen LogP contribution < -0.4 is 15.4 Å². The average molecular weight is 441 g/mol. The number of halogens is 1. The molecule has 1 unspecified atom stereocenters. The summed E-state index contributed by atoms with van der Waals surface area (Å²) in [5.41, 5.74) is 3.18. The van der Waals surface area contributed by atoms with Crippen molar-refractivity contribution >= 4 is 17.5 Å². The van der Waals surface area contributed by atoms with E-state index in [0.29, 0.717) is 17.7 Å². The second-order valence-corrected chi connectivity index (χ2v) is 7.76. The number of methoxy groups -OCH3 is 1. The molecule has 1 aliphatic heterocycles. The van der Waals surface area contributed by atoms with Crippen LogP contribution >= 0.6 is 0 Å². The van der Waals surface area contributed by atoms with Crippen LogP contribution in [0.15, 0.2) is 42.6 Å². The Bertz CT molecular complexity index is 993. The number of pyridine rings is 1. The molecular weight excluding hydrogens is 411 g/mol. The molecule has 32 heavy (non-hydrogen) atoms. The van der Waals surface area contributed by atoms with Gasteiger partial charge in [-0.15, -0.1) is 0 Å². The molecular formula is C24H29FN4O3. The molecule has 1 atom stereocenters. The zero-order chi connectivity index (χ0) is 22.9. The Morgan fingerprint density at radius 1 is 1.41 bits per heavy atom. The topological polar surface area (TPSA) is 107 Å². The molecule has 4 N–H and O–H groups in total. The lowest BCUT2D eigenvalue weighted by Gasteiger charge is -2.17. The first-order valence-electron chi connectivity index (χ1n) is 10.7.